The molecule has 1 saturated heterocycles. The number of imide groups is 1. The predicted octanol–water partition coefficient (Wildman–Crippen LogP) is -1.08. The number of carbonyl (C=O) groups is 4. The van der Waals surface area contributed by atoms with E-state index in [1.54, 1.807) is 0 Å². The van der Waals surface area contributed by atoms with E-state index < -0.39 is 35.7 Å². The van der Waals surface area contributed by atoms with E-state index in [4.69, 9.17) is 10.2 Å². The largest absolute Gasteiger partial charge is 0.479 e. The van der Waals surface area contributed by atoms with Crippen LogP contribution < -0.4 is 0 Å². The van der Waals surface area contributed by atoms with Gasteiger partial charge < -0.3 is 10.2 Å². The van der Waals surface area contributed by atoms with E-state index in [1.807, 2.05) is 0 Å². The van der Waals surface area contributed by atoms with Crippen LogP contribution in [0.4, 0.5) is 0 Å². The molecule has 1 atom stereocenters. The summed E-state index contributed by atoms with van der Waals surface area (Å²) in [7, 11) is 0. The van der Waals surface area contributed by atoms with Gasteiger partial charge in [-0.25, -0.2) is 9.59 Å². The highest BCUT2D eigenvalue weighted by Gasteiger charge is 2.46. The Morgan fingerprint density at radius 1 is 1.33 bits per heavy atom. The first-order chi connectivity index (χ1) is 6.86. The fourth-order valence-electron chi connectivity index (χ4n) is 1.41. The van der Waals surface area contributed by atoms with Crippen molar-refractivity contribution in [2.45, 2.75) is 19.4 Å². The number of carboxylic acid groups (broad SMARTS) is 2. The summed E-state index contributed by atoms with van der Waals surface area (Å²) < 4.78 is 0. The summed E-state index contributed by atoms with van der Waals surface area (Å²) >= 11 is 0. The summed E-state index contributed by atoms with van der Waals surface area (Å²) in [6.45, 7) is 1.45. The van der Waals surface area contributed by atoms with Crippen molar-refractivity contribution in [2.24, 2.45) is 5.92 Å². The highest BCUT2D eigenvalue weighted by atomic mass is 16.4. The molecule has 2 N–H and O–H groups in total. The van der Waals surface area contributed by atoms with Gasteiger partial charge >= 0.3 is 11.9 Å². The molecular weight excluding hydrogens is 206 g/mol. The topological polar surface area (TPSA) is 112 Å². The zero-order chi connectivity index (χ0) is 11.7. The minimum atomic E-state index is -2.12. The molecule has 1 aliphatic heterocycles. The van der Waals surface area contributed by atoms with E-state index in [0.29, 0.717) is 4.90 Å². The number of hydrogen-bond donors (Lipinski definition) is 2. The Balaban J connectivity index is 3.04. The second-order valence-electron chi connectivity index (χ2n) is 3.29. The number of carbonyl (C=O) groups excluding carboxylic acids is 2. The van der Waals surface area contributed by atoms with Crippen molar-refractivity contribution < 1.29 is 29.4 Å². The van der Waals surface area contributed by atoms with Gasteiger partial charge in [0, 0.05) is 12.3 Å². The molecule has 0 aliphatic carbocycles. The maximum absolute atomic E-state index is 11.3. The van der Waals surface area contributed by atoms with Crippen LogP contribution in [0.25, 0.3) is 0 Å². The van der Waals surface area contributed by atoms with Crippen LogP contribution in [-0.4, -0.2) is 44.9 Å². The lowest BCUT2D eigenvalue weighted by molar-refractivity contribution is -0.164. The van der Waals surface area contributed by atoms with E-state index in [1.165, 1.54) is 6.92 Å². The van der Waals surface area contributed by atoms with Crippen LogP contribution in [0.2, 0.25) is 0 Å². The lowest BCUT2D eigenvalue weighted by Gasteiger charge is -2.18. The van der Waals surface area contributed by atoms with E-state index in [-0.39, 0.29) is 6.42 Å². The zero-order valence-corrected chi connectivity index (χ0v) is 7.84. The summed E-state index contributed by atoms with van der Waals surface area (Å²) in [4.78, 5) is 44.1. The number of likely N-dealkylation sites (tertiary alicyclic amines) is 1. The highest BCUT2D eigenvalue weighted by Crippen LogP contribution is 2.21. The van der Waals surface area contributed by atoms with Crippen LogP contribution in [0, 0.1) is 5.92 Å². The molecule has 1 unspecified atom stereocenters. The second kappa shape index (κ2) is 3.68. The van der Waals surface area contributed by atoms with Gasteiger partial charge in [-0.15, -0.1) is 0 Å². The quantitative estimate of drug-likeness (QED) is 0.457. The molecule has 0 bridgehead atoms. The minimum absolute atomic E-state index is 0.143. The minimum Gasteiger partial charge on any atom is -0.479 e. The van der Waals surface area contributed by atoms with Crippen molar-refractivity contribution >= 4 is 23.8 Å². The number of rotatable bonds is 3. The van der Waals surface area contributed by atoms with E-state index >= 15 is 0 Å². The standard InChI is InChI=1S/C8H9NO6/c1-3-2-4(10)9(6(3)11)5(7(12)13)8(14)15/h3,5H,2H2,1H3,(H,12,13)(H,14,15). The van der Waals surface area contributed by atoms with Gasteiger partial charge in [-0.3, -0.25) is 14.5 Å². The first-order valence-electron chi connectivity index (χ1n) is 4.17. The van der Waals surface area contributed by atoms with E-state index in [9.17, 15) is 19.2 Å². The number of nitrogens with zero attached hydrogens (tertiary/aromatic N) is 1. The van der Waals surface area contributed by atoms with Crippen molar-refractivity contribution in [1.29, 1.82) is 0 Å². The van der Waals surface area contributed by atoms with Crippen LogP contribution >= 0.6 is 0 Å². The Bertz CT molecular complexity index is 335. The molecule has 0 radical (unpaired) electrons. The Kier molecular flexibility index (Phi) is 2.74. The van der Waals surface area contributed by atoms with Crippen molar-refractivity contribution in [3.63, 3.8) is 0 Å². The van der Waals surface area contributed by atoms with Gasteiger partial charge in [0.1, 0.15) is 0 Å². The molecule has 0 aromatic rings. The fourth-order valence-corrected chi connectivity index (χ4v) is 1.41. The summed E-state index contributed by atoms with van der Waals surface area (Å²) in [6.07, 6.45) is -0.143. The summed E-state index contributed by atoms with van der Waals surface area (Å²) in [6, 6.07) is -2.12. The monoisotopic (exact) mass is 215 g/mol. The maximum Gasteiger partial charge on any atom is 0.338 e. The van der Waals surface area contributed by atoms with E-state index in [0.717, 1.165) is 0 Å². The lowest BCUT2D eigenvalue weighted by Crippen LogP contribution is -2.49. The smallest absolute Gasteiger partial charge is 0.338 e. The third kappa shape index (κ3) is 1.80. The van der Waals surface area contributed by atoms with Crippen molar-refractivity contribution in [2.75, 3.05) is 0 Å². The number of aliphatic carboxylic acids is 2. The van der Waals surface area contributed by atoms with Gasteiger partial charge in [-0.1, -0.05) is 6.92 Å². The molecule has 0 spiro atoms. The molecule has 7 heteroatoms. The third-order valence-electron chi connectivity index (χ3n) is 2.13. The van der Waals surface area contributed by atoms with Gasteiger partial charge in [0.2, 0.25) is 17.9 Å². The molecule has 82 valence electrons. The summed E-state index contributed by atoms with van der Waals surface area (Å²) in [5.41, 5.74) is 0. The third-order valence-corrected chi connectivity index (χ3v) is 2.13. The Hall–Kier alpha value is -1.92. The maximum atomic E-state index is 11.3. The molecule has 15 heavy (non-hydrogen) atoms. The molecule has 2 amide bonds. The molecule has 1 fully saturated rings. The highest BCUT2D eigenvalue weighted by molar-refractivity contribution is 6.11. The van der Waals surface area contributed by atoms with Crippen molar-refractivity contribution in [3.05, 3.63) is 0 Å². The first-order valence-corrected chi connectivity index (χ1v) is 4.17. The first kappa shape index (κ1) is 11.2. The molecule has 7 nitrogen and oxygen atoms in total. The van der Waals surface area contributed by atoms with Crippen molar-refractivity contribution in [3.8, 4) is 0 Å². The number of amides is 2. The number of carboxylic acids is 2. The zero-order valence-electron chi connectivity index (χ0n) is 7.84. The van der Waals surface area contributed by atoms with Gasteiger partial charge in [0.05, 0.1) is 0 Å². The predicted molar refractivity (Wildman–Crippen MR) is 44.7 cm³/mol. The Labute approximate surface area is 84.3 Å². The average Bonchev–Trinajstić information content (AvgIpc) is 2.31. The van der Waals surface area contributed by atoms with Gasteiger partial charge in [-0.05, 0) is 0 Å². The van der Waals surface area contributed by atoms with E-state index in [2.05, 4.69) is 0 Å². The second-order valence-corrected chi connectivity index (χ2v) is 3.29. The summed E-state index contributed by atoms with van der Waals surface area (Å²) in [5, 5.41) is 17.2. The molecule has 0 aromatic carbocycles. The van der Waals surface area contributed by atoms with Gasteiger partial charge in [0.25, 0.3) is 0 Å². The van der Waals surface area contributed by atoms with Crippen molar-refractivity contribution in [1.82, 2.24) is 4.90 Å². The van der Waals surface area contributed by atoms with Crippen LogP contribution in [0.3, 0.4) is 0 Å². The normalized spacial score (nSPS) is 21.2. The number of hydrogen-bond acceptors (Lipinski definition) is 4. The molecule has 1 heterocycles. The molecule has 1 rings (SSSR count). The lowest BCUT2D eigenvalue weighted by atomic mass is 10.1. The van der Waals surface area contributed by atoms with Crippen LogP contribution in [0.5, 0.6) is 0 Å². The SMILES string of the molecule is CC1CC(=O)N(C(C(=O)O)C(=O)O)C1=O. The van der Waals surface area contributed by atoms with Gasteiger partial charge in [-0.2, -0.15) is 0 Å². The van der Waals surface area contributed by atoms with Crippen LogP contribution in [-0.2, 0) is 19.2 Å². The molecule has 1 aliphatic rings. The Morgan fingerprint density at radius 2 is 1.80 bits per heavy atom. The van der Waals surface area contributed by atoms with Crippen LogP contribution in [0.1, 0.15) is 13.3 Å². The molecule has 0 aromatic heterocycles. The summed E-state index contributed by atoms with van der Waals surface area (Å²) in [5.74, 6) is -5.62. The molecule has 0 saturated carbocycles. The van der Waals surface area contributed by atoms with Crippen LogP contribution in [0.15, 0.2) is 0 Å². The Morgan fingerprint density at radius 3 is 2.07 bits per heavy atom. The van der Waals surface area contributed by atoms with Gasteiger partial charge in [0.15, 0.2) is 0 Å². The fraction of sp³-hybridized carbons (Fsp3) is 0.500. The molecular formula is C8H9NO6. The average molecular weight is 215 g/mol.